The molecule has 0 aliphatic carbocycles. The third-order valence-electron chi connectivity index (χ3n) is 5.06. The average molecular weight is 412 g/mol. The number of nitrogens with two attached hydrogens (primary N) is 1. The molecule has 8 nitrogen and oxygen atoms in total. The van der Waals surface area contributed by atoms with Crippen LogP contribution < -0.4 is 20.1 Å². The van der Waals surface area contributed by atoms with Gasteiger partial charge in [0.2, 0.25) is 5.91 Å². The number of piperidine rings is 1. The Balaban J connectivity index is 2.02. The van der Waals surface area contributed by atoms with E-state index in [0.717, 1.165) is 5.56 Å². The maximum absolute atomic E-state index is 12.9. The standard InChI is InChI=1S/C22H24N2O6/c1-28-16-7-3-14(4-8-16)21-18(22(27)30-13-19(23)25)11-12-20(26)24(21)15-5-9-17(29-2)10-6-15/h3-10,18,21H,11-13H2,1-2H3,(H2,23,25)/t18-,21+/m1/s1. The van der Waals surface area contributed by atoms with Crippen LogP contribution in [0, 0.1) is 5.92 Å². The van der Waals surface area contributed by atoms with E-state index in [0.29, 0.717) is 23.6 Å². The van der Waals surface area contributed by atoms with Crippen molar-refractivity contribution in [2.75, 3.05) is 25.7 Å². The Bertz CT molecular complexity index is 910. The number of hydrogen-bond donors (Lipinski definition) is 1. The lowest BCUT2D eigenvalue weighted by Gasteiger charge is -2.40. The molecule has 0 aromatic heterocycles. The Morgan fingerprint density at radius 2 is 1.57 bits per heavy atom. The summed E-state index contributed by atoms with van der Waals surface area (Å²) in [4.78, 5) is 38.4. The molecule has 30 heavy (non-hydrogen) atoms. The lowest BCUT2D eigenvalue weighted by atomic mass is 9.83. The van der Waals surface area contributed by atoms with Gasteiger partial charge in [-0.3, -0.25) is 14.4 Å². The molecule has 1 heterocycles. The molecule has 0 bridgehead atoms. The number of amides is 2. The monoisotopic (exact) mass is 412 g/mol. The number of methoxy groups -OCH3 is 2. The van der Waals surface area contributed by atoms with E-state index < -0.39 is 30.4 Å². The fourth-order valence-corrected chi connectivity index (χ4v) is 3.62. The minimum atomic E-state index is -0.733. The van der Waals surface area contributed by atoms with Crippen molar-refractivity contribution in [1.82, 2.24) is 0 Å². The minimum Gasteiger partial charge on any atom is -0.497 e. The Kier molecular flexibility index (Phi) is 6.56. The van der Waals surface area contributed by atoms with Crippen molar-refractivity contribution in [2.45, 2.75) is 18.9 Å². The number of anilines is 1. The van der Waals surface area contributed by atoms with Crippen molar-refractivity contribution >= 4 is 23.5 Å². The molecule has 158 valence electrons. The van der Waals surface area contributed by atoms with E-state index in [1.54, 1.807) is 55.5 Å². The predicted molar refractivity (Wildman–Crippen MR) is 109 cm³/mol. The second-order valence-electron chi connectivity index (χ2n) is 6.90. The third-order valence-corrected chi connectivity index (χ3v) is 5.06. The van der Waals surface area contributed by atoms with Crippen molar-refractivity contribution in [1.29, 1.82) is 0 Å². The van der Waals surface area contributed by atoms with Crippen LogP contribution in [0.25, 0.3) is 0 Å². The number of ether oxygens (including phenoxy) is 3. The molecule has 0 unspecified atom stereocenters. The molecule has 3 rings (SSSR count). The van der Waals surface area contributed by atoms with Crippen LogP contribution in [0.15, 0.2) is 48.5 Å². The molecule has 8 heteroatoms. The smallest absolute Gasteiger partial charge is 0.311 e. The number of carbonyl (C=O) groups is 3. The molecule has 0 saturated carbocycles. The van der Waals surface area contributed by atoms with Gasteiger partial charge in [0.15, 0.2) is 6.61 Å². The van der Waals surface area contributed by atoms with E-state index in [4.69, 9.17) is 19.9 Å². The Morgan fingerprint density at radius 3 is 2.10 bits per heavy atom. The number of benzene rings is 2. The fourth-order valence-electron chi connectivity index (χ4n) is 3.62. The fraction of sp³-hybridized carbons (Fsp3) is 0.318. The van der Waals surface area contributed by atoms with Gasteiger partial charge in [-0.2, -0.15) is 0 Å². The first-order valence-electron chi connectivity index (χ1n) is 9.49. The van der Waals surface area contributed by atoms with E-state index in [1.807, 2.05) is 12.1 Å². The first-order valence-corrected chi connectivity index (χ1v) is 9.49. The van der Waals surface area contributed by atoms with Crippen LogP contribution in [-0.2, 0) is 19.1 Å². The Morgan fingerprint density at radius 1 is 1.00 bits per heavy atom. The second-order valence-corrected chi connectivity index (χ2v) is 6.90. The summed E-state index contributed by atoms with van der Waals surface area (Å²) in [7, 11) is 3.12. The molecule has 1 aliphatic heterocycles. The molecule has 2 amide bonds. The topological polar surface area (TPSA) is 108 Å². The normalized spacial score (nSPS) is 18.6. The van der Waals surface area contributed by atoms with Crippen LogP contribution in [0.4, 0.5) is 5.69 Å². The molecule has 1 aliphatic rings. The molecule has 0 radical (unpaired) electrons. The highest BCUT2D eigenvalue weighted by atomic mass is 16.5. The van der Waals surface area contributed by atoms with E-state index in [-0.39, 0.29) is 12.3 Å². The summed E-state index contributed by atoms with van der Waals surface area (Å²) in [6.07, 6.45) is 0.481. The number of carbonyl (C=O) groups excluding carboxylic acids is 3. The number of rotatable bonds is 7. The van der Waals surface area contributed by atoms with Gasteiger partial charge in [-0.25, -0.2) is 0 Å². The van der Waals surface area contributed by atoms with Gasteiger partial charge >= 0.3 is 5.97 Å². The molecule has 1 fully saturated rings. The lowest BCUT2D eigenvalue weighted by molar-refractivity contribution is -0.154. The molecule has 2 atom stereocenters. The maximum Gasteiger partial charge on any atom is 0.311 e. The quantitative estimate of drug-likeness (QED) is 0.699. The summed E-state index contributed by atoms with van der Waals surface area (Å²) in [6, 6.07) is 13.6. The molecule has 0 spiro atoms. The van der Waals surface area contributed by atoms with Crippen LogP contribution in [0.3, 0.4) is 0 Å². The molecular weight excluding hydrogens is 388 g/mol. The second kappa shape index (κ2) is 9.30. The van der Waals surface area contributed by atoms with Gasteiger partial charge < -0.3 is 24.8 Å². The molecule has 2 aromatic rings. The number of hydrogen-bond acceptors (Lipinski definition) is 6. The van der Waals surface area contributed by atoms with E-state index in [9.17, 15) is 14.4 Å². The lowest BCUT2D eigenvalue weighted by Crippen LogP contribution is -2.46. The molecule has 2 N–H and O–H groups in total. The van der Waals surface area contributed by atoms with Crippen molar-refractivity contribution in [3.8, 4) is 11.5 Å². The summed E-state index contributed by atoms with van der Waals surface area (Å²) >= 11 is 0. The Hall–Kier alpha value is -3.55. The summed E-state index contributed by atoms with van der Waals surface area (Å²) in [6.45, 7) is -0.499. The van der Waals surface area contributed by atoms with E-state index in [2.05, 4.69) is 0 Å². The van der Waals surface area contributed by atoms with Gasteiger partial charge in [-0.1, -0.05) is 12.1 Å². The van der Waals surface area contributed by atoms with Gasteiger partial charge in [0.05, 0.1) is 26.2 Å². The van der Waals surface area contributed by atoms with Crippen LogP contribution in [0.5, 0.6) is 11.5 Å². The van der Waals surface area contributed by atoms with Crippen molar-refractivity contribution < 1.29 is 28.6 Å². The highest BCUT2D eigenvalue weighted by Crippen LogP contribution is 2.41. The number of primary amides is 1. The van der Waals surface area contributed by atoms with Crippen LogP contribution in [0.2, 0.25) is 0 Å². The highest BCUT2D eigenvalue weighted by Gasteiger charge is 2.42. The number of nitrogens with zero attached hydrogens (tertiary/aromatic N) is 1. The van der Waals surface area contributed by atoms with Gasteiger partial charge in [0.1, 0.15) is 11.5 Å². The van der Waals surface area contributed by atoms with Crippen LogP contribution in [0.1, 0.15) is 24.4 Å². The summed E-state index contributed by atoms with van der Waals surface area (Å²) in [5, 5.41) is 0. The first kappa shape index (κ1) is 21.2. The van der Waals surface area contributed by atoms with Crippen molar-refractivity contribution in [3.05, 3.63) is 54.1 Å². The van der Waals surface area contributed by atoms with Gasteiger partial charge in [0.25, 0.3) is 5.91 Å². The maximum atomic E-state index is 12.9. The highest BCUT2D eigenvalue weighted by molar-refractivity contribution is 5.97. The average Bonchev–Trinajstić information content (AvgIpc) is 2.77. The van der Waals surface area contributed by atoms with Crippen LogP contribution in [-0.4, -0.2) is 38.6 Å². The summed E-state index contributed by atoms with van der Waals surface area (Å²) < 4.78 is 15.5. The molecular formula is C22H24N2O6. The zero-order valence-electron chi connectivity index (χ0n) is 16.9. The third kappa shape index (κ3) is 4.53. The van der Waals surface area contributed by atoms with Gasteiger partial charge in [-0.05, 0) is 48.4 Å². The first-order chi connectivity index (χ1) is 14.4. The van der Waals surface area contributed by atoms with Gasteiger partial charge in [-0.15, -0.1) is 0 Å². The minimum absolute atomic E-state index is 0.111. The van der Waals surface area contributed by atoms with E-state index in [1.165, 1.54) is 0 Å². The summed E-state index contributed by atoms with van der Waals surface area (Å²) in [5.41, 5.74) is 6.49. The van der Waals surface area contributed by atoms with Crippen molar-refractivity contribution in [3.63, 3.8) is 0 Å². The molecule has 1 saturated heterocycles. The van der Waals surface area contributed by atoms with Crippen molar-refractivity contribution in [2.24, 2.45) is 11.7 Å². The largest absolute Gasteiger partial charge is 0.497 e. The number of esters is 1. The SMILES string of the molecule is COc1ccc([C@H]2[C@H](C(=O)OCC(N)=O)CCC(=O)N2c2ccc(OC)cc2)cc1. The predicted octanol–water partition coefficient (Wildman–Crippen LogP) is 2.22. The zero-order valence-corrected chi connectivity index (χ0v) is 16.9. The summed E-state index contributed by atoms with van der Waals surface area (Å²) in [5.74, 6) is -0.757. The Labute approximate surface area is 174 Å². The van der Waals surface area contributed by atoms with Crippen LogP contribution >= 0.6 is 0 Å². The van der Waals surface area contributed by atoms with E-state index >= 15 is 0 Å². The van der Waals surface area contributed by atoms with Gasteiger partial charge in [0, 0.05) is 12.1 Å². The molecule has 2 aromatic carbocycles. The zero-order chi connectivity index (χ0) is 21.7.